The van der Waals surface area contributed by atoms with Gasteiger partial charge in [0.2, 0.25) is 0 Å². The van der Waals surface area contributed by atoms with Crippen molar-refractivity contribution < 1.29 is 4.74 Å². The summed E-state index contributed by atoms with van der Waals surface area (Å²) in [5.74, 6) is 0.904. The molecule has 3 nitrogen and oxygen atoms in total. The van der Waals surface area contributed by atoms with Gasteiger partial charge in [0.05, 0.1) is 7.11 Å². The minimum absolute atomic E-state index is 0.276. The van der Waals surface area contributed by atoms with Crippen molar-refractivity contribution in [3.63, 3.8) is 0 Å². The fourth-order valence-electron chi connectivity index (χ4n) is 2.80. The van der Waals surface area contributed by atoms with Gasteiger partial charge in [0, 0.05) is 28.6 Å². The van der Waals surface area contributed by atoms with Gasteiger partial charge < -0.3 is 15.4 Å². The van der Waals surface area contributed by atoms with Crippen LogP contribution in [0.3, 0.4) is 0 Å². The summed E-state index contributed by atoms with van der Waals surface area (Å²) in [7, 11) is 5.71. The summed E-state index contributed by atoms with van der Waals surface area (Å²) in [5.41, 5.74) is 1.45. The predicted octanol–water partition coefficient (Wildman–Crippen LogP) is 2.61. The average Bonchev–Trinajstić information content (AvgIpc) is 3.11. The van der Waals surface area contributed by atoms with E-state index in [2.05, 4.69) is 10.6 Å². The molecule has 0 spiro atoms. The molecule has 18 heavy (non-hydrogen) atoms. The van der Waals surface area contributed by atoms with E-state index in [1.807, 2.05) is 32.3 Å². The second kappa shape index (κ2) is 5.47. The van der Waals surface area contributed by atoms with Crippen molar-refractivity contribution in [2.24, 2.45) is 5.41 Å². The Morgan fingerprint density at radius 2 is 2.11 bits per heavy atom. The first-order valence-electron chi connectivity index (χ1n) is 6.32. The lowest BCUT2D eigenvalue weighted by Crippen LogP contribution is -2.33. The number of halogens is 1. The molecule has 1 fully saturated rings. The predicted molar refractivity (Wildman–Crippen MR) is 75.4 cm³/mol. The topological polar surface area (TPSA) is 33.3 Å². The molecule has 1 aromatic carbocycles. The fraction of sp³-hybridized carbons (Fsp3) is 0.571. The zero-order valence-electron chi connectivity index (χ0n) is 11.2. The number of hydrogen-bond donors (Lipinski definition) is 2. The lowest BCUT2D eigenvalue weighted by Gasteiger charge is -2.28. The lowest BCUT2D eigenvalue weighted by atomic mass is 9.89. The van der Waals surface area contributed by atoms with Crippen molar-refractivity contribution >= 4 is 11.6 Å². The van der Waals surface area contributed by atoms with E-state index in [9.17, 15) is 0 Å². The van der Waals surface area contributed by atoms with Crippen molar-refractivity contribution in [1.29, 1.82) is 0 Å². The van der Waals surface area contributed by atoms with Crippen LogP contribution in [0.1, 0.15) is 24.4 Å². The van der Waals surface area contributed by atoms with Crippen LogP contribution in [0.5, 0.6) is 5.75 Å². The minimum atomic E-state index is 0.276. The van der Waals surface area contributed by atoms with Crippen LogP contribution in [-0.2, 0) is 0 Å². The van der Waals surface area contributed by atoms with Crippen molar-refractivity contribution in [2.45, 2.75) is 18.9 Å². The third kappa shape index (κ3) is 2.48. The molecule has 1 saturated carbocycles. The molecule has 2 rings (SSSR count). The third-order valence-corrected chi connectivity index (χ3v) is 4.06. The SMILES string of the molecule is CNCC1(C(NC)c2cc(Cl)ccc2OC)CC1. The molecule has 0 aromatic heterocycles. The summed E-state index contributed by atoms with van der Waals surface area (Å²) < 4.78 is 5.47. The van der Waals surface area contributed by atoms with E-state index in [0.717, 1.165) is 22.9 Å². The van der Waals surface area contributed by atoms with Crippen LogP contribution in [0, 0.1) is 5.41 Å². The van der Waals surface area contributed by atoms with Gasteiger partial charge in [-0.25, -0.2) is 0 Å². The highest BCUT2D eigenvalue weighted by molar-refractivity contribution is 6.30. The standard InChI is InChI=1S/C14H21ClN2O/c1-16-9-14(6-7-14)13(17-2)11-8-10(15)4-5-12(11)18-3/h4-5,8,13,16-17H,6-7,9H2,1-3H3. The zero-order valence-corrected chi connectivity index (χ0v) is 12.0. The molecule has 1 aliphatic rings. The first-order valence-corrected chi connectivity index (χ1v) is 6.70. The van der Waals surface area contributed by atoms with E-state index in [0.29, 0.717) is 5.41 Å². The first-order chi connectivity index (χ1) is 8.66. The van der Waals surface area contributed by atoms with Gasteiger partial charge in [-0.3, -0.25) is 0 Å². The minimum Gasteiger partial charge on any atom is -0.496 e. The van der Waals surface area contributed by atoms with Crippen molar-refractivity contribution in [2.75, 3.05) is 27.7 Å². The quantitative estimate of drug-likeness (QED) is 0.832. The summed E-state index contributed by atoms with van der Waals surface area (Å²) in [6, 6.07) is 6.10. The number of methoxy groups -OCH3 is 1. The van der Waals surface area contributed by atoms with Gasteiger partial charge in [0.15, 0.2) is 0 Å². The van der Waals surface area contributed by atoms with Crippen molar-refractivity contribution in [3.05, 3.63) is 28.8 Å². The Morgan fingerprint density at radius 3 is 2.61 bits per heavy atom. The van der Waals surface area contributed by atoms with Crippen LogP contribution in [-0.4, -0.2) is 27.7 Å². The maximum Gasteiger partial charge on any atom is 0.123 e. The fourth-order valence-corrected chi connectivity index (χ4v) is 2.98. The third-order valence-electron chi connectivity index (χ3n) is 3.82. The molecule has 100 valence electrons. The highest BCUT2D eigenvalue weighted by atomic mass is 35.5. The first kappa shape index (κ1) is 13.7. The molecule has 0 saturated heterocycles. The molecule has 2 N–H and O–H groups in total. The highest BCUT2D eigenvalue weighted by Gasteiger charge is 2.49. The van der Waals surface area contributed by atoms with Gasteiger partial charge in [-0.05, 0) is 45.1 Å². The molecule has 0 radical (unpaired) electrons. The Bertz CT molecular complexity index is 418. The largest absolute Gasteiger partial charge is 0.496 e. The van der Waals surface area contributed by atoms with Gasteiger partial charge in [0.25, 0.3) is 0 Å². The van der Waals surface area contributed by atoms with E-state index in [4.69, 9.17) is 16.3 Å². The summed E-state index contributed by atoms with van der Waals surface area (Å²) in [5, 5.41) is 7.48. The Morgan fingerprint density at radius 1 is 1.39 bits per heavy atom. The maximum atomic E-state index is 6.12. The van der Waals surface area contributed by atoms with Crippen molar-refractivity contribution in [1.82, 2.24) is 10.6 Å². The number of hydrogen-bond acceptors (Lipinski definition) is 3. The summed E-state index contributed by atoms with van der Waals surface area (Å²) in [4.78, 5) is 0. The number of ether oxygens (including phenoxy) is 1. The molecule has 0 bridgehead atoms. The molecule has 1 unspecified atom stereocenters. The van der Waals surface area contributed by atoms with Crippen LogP contribution >= 0.6 is 11.6 Å². The summed E-state index contributed by atoms with van der Waals surface area (Å²) >= 11 is 6.12. The van der Waals surface area contributed by atoms with E-state index >= 15 is 0 Å². The van der Waals surface area contributed by atoms with E-state index in [1.54, 1.807) is 7.11 Å². The second-order valence-electron chi connectivity index (χ2n) is 5.00. The molecule has 1 atom stereocenters. The Hall–Kier alpha value is -0.770. The highest BCUT2D eigenvalue weighted by Crippen LogP contribution is 2.55. The van der Waals surface area contributed by atoms with E-state index in [1.165, 1.54) is 12.8 Å². The Kier molecular flexibility index (Phi) is 4.15. The van der Waals surface area contributed by atoms with Crippen LogP contribution in [0.2, 0.25) is 5.02 Å². The Balaban J connectivity index is 2.35. The molecule has 1 aromatic rings. The lowest BCUT2D eigenvalue weighted by molar-refractivity contribution is 0.329. The smallest absolute Gasteiger partial charge is 0.123 e. The average molecular weight is 269 g/mol. The van der Waals surface area contributed by atoms with Crippen molar-refractivity contribution in [3.8, 4) is 5.75 Å². The molecular weight excluding hydrogens is 248 g/mol. The molecule has 0 heterocycles. The molecule has 0 aliphatic heterocycles. The summed E-state index contributed by atoms with van der Waals surface area (Å²) in [6.45, 7) is 1.01. The maximum absolute atomic E-state index is 6.12. The van der Waals surface area contributed by atoms with Gasteiger partial charge in [-0.15, -0.1) is 0 Å². The van der Waals surface area contributed by atoms with Crippen LogP contribution in [0.15, 0.2) is 18.2 Å². The van der Waals surface area contributed by atoms with Gasteiger partial charge in [-0.1, -0.05) is 11.6 Å². The summed E-state index contributed by atoms with van der Waals surface area (Å²) in [6.07, 6.45) is 2.46. The molecule has 0 amide bonds. The molecule has 1 aliphatic carbocycles. The monoisotopic (exact) mass is 268 g/mol. The number of rotatable bonds is 6. The van der Waals surface area contributed by atoms with Crippen LogP contribution in [0.4, 0.5) is 0 Å². The van der Waals surface area contributed by atoms with E-state index in [-0.39, 0.29) is 6.04 Å². The van der Waals surface area contributed by atoms with Gasteiger partial charge >= 0.3 is 0 Å². The van der Waals surface area contributed by atoms with Gasteiger partial charge in [0.1, 0.15) is 5.75 Å². The van der Waals surface area contributed by atoms with Crippen LogP contribution in [0.25, 0.3) is 0 Å². The second-order valence-corrected chi connectivity index (χ2v) is 5.44. The normalized spacial score (nSPS) is 18.4. The number of benzene rings is 1. The Labute approximate surface area is 114 Å². The zero-order chi connectivity index (χ0) is 13.2. The number of nitrogens with one attached hydrogen (secondary N) is 2. The van der Waals surface area contributed by atoms with Gasteiger partial charge in [-0.2, -0.15) is 0 Å². The van der Waals surface area contributed by atoms with Crippen LogP contribution < -0.4 is 15.4 Å². The molecule has 4 heteroatoms. The molecular formula is C14H21ClN2O. The van der Waals surface area contributed by atoms with E-state index < -0.39 is 0 Å².